The van der Waals surface area contributed by atoms with E-state index >= 15 is 0 Å². The Labute approximate surface area is 103 Å². The van der Waals surface area contributed by atoms with Crippen LogP contribution in [0.25, 0.3) is 0 Å². The van der Waals surface area contributed by atoms with E-state index in [2.05, 4.69) is 10.3 Å². The van der Waals surface area contributed by atoms with Crippen LogP contribution in [0.15, 0.2) is 12.3 Å². The highest BCUT2D eigenvalue weighted by Crippen LogP contribution is 2.25. The van der Waals surface area contributed by atoms with Gasteiger partial charge in [0.15, 0.2) is 0 Å². The van der Waals surface area contributed by atoms with Crippen LogP contribution in [0.4, 0.5) is 11.4 Å². The van der Waals surface area contributed by atoms with Crippen molar-refractivity contribution in [2.24, 2.45) is 0 Å². The first kappa shape index (κ1) is 13.2. The molecule has 92 valence electrons. The highest BCUT2D eigenvalue weighted by atomic mass is 35.5. The normalized spacial score (nSPS) is 9.82. The van der Waals surface area contributed by atoms with Crippen molar-refractivity contribution >= 4 is 28.9 Å². The van der Waals surface area contributed by atoms with Gasteiger partial charge < -0.3 is 10.2 Å². The molecule has 1 rings (SSSR count). The Morgan fingerprint density at radius 3 is 2.82 bits per heavy atom. The zero-order chi connectivity index (χ0) is 13.0. The first-order valence-electron chi connectivity index (χ1n) is 4.65. The Hall–Kier alpha value is -1.89. The van der Waals surface area contributed by atoms with Crippen molar-refractivity contribution < 1.29 is 9.72 Å². The van der Waals surface area contributed by atoms with Crippen LogP contribution in [0.5, 0.6) is 0 Å². The van der Waals surface area contributed by atoms with Gasteiger partial charge in [-0.15, -0.1) is 0 Å². The molecule has 1 N–H and O–H groups in total. The highest BCUT2D eigenvalue weighted by molar-refractivity contribution is 6.29. The Morgan fingerprint density at radius 2 is 2.29 bits per heavy atom. The van der Waals surface area contributed by atoms with E-state index in [9.17, 15) is 14.9 Å². The average molecular weight is 259 g/mol. The summed E-state index contributed by atoms with van der Waals surface area (Å²) in [5.74, 6) is -0.202. The molecule has 0 fully saturated rings. The molecule has 0 aliphatic carbocycles. The minimum absolute atomic E-state index is 0.0474. The van der Waals surface area contributed by atoms with Gasteiger partial charge in [-0.1, -0.05) is 11.6 Å². The molecule has 0 saturated carbocycles. The van der Waals surface area contributed by atoms with Gasteiger partial charge in [0.25, 0.3) is 0 Å². The minimum atomic E-state index is -0.591. The number of likely N-dealkylation sites (N-methyl/N-ethyl adjacent to an activating group) is 1. The number of anilines is 1. The van der Waals surface area contributed by atoms with E-state index < -0.39 is 4.92 Å². The summed E-state index contributed by atoms with van der Waals surface area (Å²) >= 11 is 5.63. The first-order valence-corrected chi connectivity index (χ1v) is 5.03. The van der Waals surface area contributed by atoms with Gasteiger partial charge in [0, 0.05) is 20.2 Å². The van der Waals surface area contributed by atoms with E-state index in [0.29, 0.717) is 0 Å². The summed E-state index contributed by atoms with van der Waals surface area (Å²) in [7, 11) is 3.19. The lowest BCUT2D eigenvalue weighted by molar-refractivity contribution is -0.384. The SMILES string of the molecule is CN(C)C(=O)CNc1cc(Cl)ncc1[N+](=O)[O-]. The number of aromatic nitrogens is 1. The summed E-state index contributed by atoms with van der Waals surface area (Å²) in [6.45, 7) is -0.0474. The molecule has 1 heterocycles. The van der Waals surface area contributed by atoms with Gasteiger partial charge in [0.2, 0.25) is 5.91 Å². The second-order valence-electron chi connectivity index (χ2n) is 3.42. The fourth-order valence-electron chi connectivity index (χ4n) is 1.04. The Kier molecular flexibility index (Phi) is 4.22. The molecule has 8 heteroatoms. The van der Waals surface area contributed by atoms with E-state index in [4.69, 9.17) is 11.6 Å². The average Bonchev–Trinajstić information content (AvgIpc) is 2.25. The number of nitrogens with one attached hydrogen (secondary N) is 1. The van der Waals surface area contributed by atoms with E-state index in [0.717, 1.165) is 6.20 Å². The maximum absolute atomic E-state index is 11.3. The first-order chi connectivity index (χ1) is 7.91. The molecule has 0 saturated heterocycles. The summed E-state index contributed by atoms with van der Waals surface area (Å²) in [5.41, 5.74) is -0.0499. The monoisotopic (exact) mass is 258 g/mol. The largest absolute Gasteiger partial charge is 0.370 e. The van der Waals surface area contributed by atoms with Crippen molar-refractivity contribution in [3.05, 3.63) is 27.5 Å². The van der Waals surface area contributed by atoms with E-state index in [1.54, 1.807) is 14.1 Å². The molecule has 0 bridgehead atoms. The van der Waals surface area contributed by atoms with Crippen LogP contribution in [0, 0.1) is 10.1 Å². The lowest BCUT2D eigenvalue weighted by Gasteiger charge is -2.11. The van der Waals surface area contributed by atoms with Crippen molar-refractivity contribution in [3.8, 4) is 0 Å². The van der Waals surface area contributed by atoms with E-state index in [1.165, 1.54) is 11.0 Å². The zero-order valence-corrected chi connectivity index (χ0v) is 10.1. The summed E-state index contributed by atoms with van der Waals surface area (Å²) < 4.78 is 0. The number of hydrogen-bond acceptors (Lipinski definition) is 5. The molecule has 17 heavy (non-hydrogen) atoms. The fraction of sp³-hybridized carbons (Fsp3) is 0.333. The third-order valence-electron chi connectivity index (χ3n) is 1.98. The molecule has 0 aromatic carbocycles. The van der Waals surface area contributed by atoms with Gasteiger partial charge in [-0.2, -0.15) is 0 Å². The number of amides is 1. The van der Waals surface area contributed by atoms with Gasteiger partial charge in [0.05, 0.1) is 11.5 Å². The van der Waals surface area contributed by atoms with Gasteiger partial charge in [-0.25, -0.2) is 4.98 Å². The predicted molar refractivity (Wildman–Crippen MR) is 63.1 cm³/mol. The number of carbonyl (C=O) groups excluding carboxylic acids is 1. The molecule has 0 spiro atoms. The lowest BCUT2D eigenvalue weighted by atomic mass is 10.3. The molecule has 0 aliphatic heterocycles. The fourth-order valence-corrected chi connectivity index (χ4v) is 1.20. The molecule has 1 aromatic rings. The van der Waals surface area contributed by atoms with Crippen LogP contribution >= 0.6 is 11.6 Å². The van der Waals surface area contributed by atoms with Gasteiger partial charge in [0.1, 0.15) is 17.0 Å². The number of nitro groups is 1. The van der Waals surface area contributed by atoms with Gasteiger partial charge in [-0.05, 0) is 0 Å². The summed E-state index contributed by atoms with van der Waals surface area (Å²) in [4.78, 5) is 26.4. The van der Waals surface area contributed by atoms with Crippen LogP contribution in [0.3, 0.4) is 0 Å². The Balaban J connectivity index is 2.86. The number of pyridine rings is 1. The van der Waals surface area contributed by atoms with Crippen LogP contribution in [-0.4, -0.2) is 41.4 Å². The second-order valence-corrected chi connectivity index (χ2v) is 3.81. The quantitative estimate of drug-likeness (QED) is 0.497. The number of carbonyl (C=O) groups is 1. The smallest absolute Gasteiger partial charge is 0.310 e. The summed E-state index contributed by atoms with van der Waals surface area (Å²) in [6.07, 6.45) is 1.05. The van der Waals surface area contributed by atoms with Crippen molar-refractivity contribution in [1.29, 1.82) is 0 Å². The molecule has 7 nitrogen and oxygen atoms in total. The molecule has 1 amide bonds. The molecule has 0 radical (unpaired) electrons. The molecule has 0 atom stereocenters. The molecule has 0 unspecified atom stereocenters. The number of nitrogens with zero attached hydrogens (tertiary/aromatic N) is 3. The predicted octanol–water partition coefficient (Wildman–Crippen LogP) is 1.14. The number of rotatable bonds is 4. The highest BCUT2D eigenvalue weighted by Gasteiger charge is 2.15. The standard InChI is InChI=1S/C9H11ClN4O3/c1-13(2)9(15)5-11-6-3-8(10)12-4-7(6)14(16)17/h3-4H,5H2,1-2H3,(H,11,12). The lowest BCUT2D eigenvalue weighted by Crippen LogP contribution is -2.28. The second kappa shape index (κ2) is 5.44. The maximum atomic E-state index is 11.3. The Morgan fingerprint density at radius 1 is 1.65 bits per heavy atom. The van der Waals surface area contributed by atoms with Crippen LogP contribution in [0.2, 0.25) is 5.15 Å². The number of halogens is 1. The maximum Gasteiger partial charge on any atom is 0.310 e. The summed E-state index contributed by atoms with van der Waals surface area (Å²) in [5, 5.41) is 13.5. The molecular weight excluding hydrogens is 248 g/mol. The van der Waals surface area contributed by atoms with Gasteiger partial charge in [-0.3, -0.25) is 14.9 Å². The van der Waals surface area contributed by atoms with Crippen molar-refractivity contribution in [1.82, 2.24) is 9.88 Å². The topological polar surface area (TPSA) is 88.4 Å². The third kappa shape index (κ3) is 3.56. The van der Waals surface area contributed by atoms with Crippen molar-refractivity contribution in [2.75, 3.05) is 26.0 Å². The van der Waals surface area contributed by atoms with Crippen molar-refractivity contribution in [2.45, 2.75) is 0 Å². The minimum Gasteiger partial charge on any atom is -0.370 e. The molecule has 1 aromatic heterocycles. The number of hydrogen-bond donors (Lipinski definition) is 1. The van der Waals surface area contributed by atoms with E-state index in [-0.39, 0.29) is 29.0 Å². The van der Waals surface area contributed by atoms with E-state index in [1.807, 2.05) is 0 Å². The molecular formula is C9H11ClN4O3. The van der Waals surface area contributed by atoms with Crippen molar-refractivity contribution in [3.63, 3.8) is 0 Å². The Bertz CT molecular complexity index is 450. The third-order valence-corrected chi connectivity index (χ3v) is 2.18. The summed E-state index contributed by atoms with van der Waals surface area (Å²) in [6, 6.07) is 1.31. The van der Waals surface area contributed by atoms with Crippen LogP contribution in [-0.2, 0) is 4.79 Å². The van der Waals surface area contributed by atoms with Crippen LogP contribution < -0.4 is 5.32 Å². The van der Waals surface area contributed by atoms with Crippen LogP contribution in [0.1, 0.15) is 0 Å². The zero-order valence-electron chi connectivity index (χ0n) is 9.31. The van der Waals surface area contributed by atoms with Gasteiger partial charge >= 0.3 is 5.69 Å². The molecule has 0 aliphatic rings.